The average molecular weight is 512 g/mol. The Hall–Kier alpha value is -1.57. The van der Waals surface area contributed by atoms with Crippen LogP contribution in [0.15, 0.2) is 41.9 Å². The summed E-state index contributed by atoms with van der Waals surface area (Å²) in [6.07, 6.45) is 10.1. The summed E-state index contributed by atoms with van der Waals surface area (Å²) in [6, 6.07) is 7.96. The van der Waals surface area contributed by atoms with Gasteiger partial charge < -0.3 is 15.1 Å². The molecule has 1 aromatic rings. The van der Waals surface area contributed by atoms with E-state index in [4.69, 9.17) is 0 Å². The number of nitrogens with one attached hydrogen (secondary N) is 1. The Morgan fingerprint density at radius 1 is 1.17 bits per heavy atom. The smallest absolute Gasteiger partial charge is 0.253 e. The van der Waals surface area contributed by atoms with Gasteiger partial charge in [0.1, 0.15) is 0 Å². The predicted octanol–water partition coefficient (Wildman–Crippen LogP) is 4.68. The molecule has 0 aromatic heterocycles. The Balaban J connectivity index is 0.00000420. The molecule has 5 nitrogen and oxygen atoms in total. The lowest BCUT2D eigenvalue weighted by molar-refractivity contribution is 0.0724. The van der Waals surface area contributed by atoms with Gasteiger partial charge in [0.05, 0.1) is 0 Å². The first-order valence-electron chi connectivity index (χ1n) is 10.6. The number of nitrogens with zero attached hydrogens (tertiary/aromatic N) is 3. The molecule has 1 aliphatic rings. The number of halogens is 1. The van der Waals surface area contributed by atoms with Crippen LogP contribution in [-0.4, -0.2) is 55.4 Å². The van der Waals surface area contributed by atoms with Gasteiger partial charge in [-0.1, -0.05) is 24.6 Å². The van der Waals surface area contributed by atoms with Crippen LogP contribution in [0.3, 0.4) is 0 Å². The van der Waals surface area contributed by atoms with Crippen LogP contribution in [0, 0.1) is 0 Å². The number of rotatable bonds is 9. The highest BCUT2D eigenvalue weighted by Crippen LogP contribution is 2.14. The lowest BCUT2D eigenvalue weighted by Crippen LogP contribution is -2.39. The minimum atomic E-state index is 0. The molecule has 1 amide bonds. The second kappa shape index (κ2) is 14.4. The predicted molar refractivity (Wildman–Crippen MR) is 133 cm³/mol. The van der Waals surface area contributed by atoms with Crippen LogP contribution >= 0.6 is 24.0 Å². The number of guanidine groups is 1. The normalized spacial score (nSPS) is 14.1. The molecule has 0 unspecified atom stereocenters. The highest BCUT2D eigenvalue weighted by atomic mass is 127. The van der Waals surface area contributed by atoms with Crippen LogP contribution in [0.5, 0.6) is 0 Å². The number of hydrogen-bond donors (Lipinski definition) is 1. The average Bonchev–Trinajstić information content (AvgIpc) is 2.74. The van der Waals surface area contributed by atoms with E-state index in [1.54, 1.807) is 0 Å². The number of unbranched alkanes of at least 4 members (excludes halogenated alkanes) is 3. The van der Waals surface area contributed by atoms with Gasteiger partial charge >= 0.3 is 0 Å². The maximum Gasteiger partial charge on any atom is 0.253 e. The van der Waals surface area contributed by atoms with Gasteiger partial charge in [0.2, 0.25) is 0 Å². The zero-order chi connectivity index (χ0) is 20.2. The Labute approximate surface area is 193 Å². The number of aliphatic imine (C=N–C) groups is 1. The summed E-state index contributed by atoms with van der Waals surface area (Å²) in [6.45, 7) is 7.23. The van der Waals surface area contributed by atoms with Crippen molar-refractivity contribution in [2.45, 2.75) is 51.5 Å². The van der Waals surface area contributed by atoms with Gasteiger partial charge in [-0.15, -0.1) is 30.6 Å². The molecule has 2 rings (SSSR count). The molecule has 6 heteroatoms. The summed E-state index contributed by atoms with van der Waals surface area (Å²) in [4.78, 5) is 21.1. The molecular formula is C23H37IN4O. The molecule has 1 aromatic carbocycles. The maximum absolute atomic E-state index is 12.6. The van der Waals surface area contributed by atoms with Gasteiger partial charge in [0.15, 0.2) is 5.96 Å². The topological polar surface area (TPSA) is 47.9 Å². The number of amides is 1. The zero-order valence-corrected chi connectivity index (χ0v) is 20.4. The molecule has 0 aliphatic carbocycles. The molecule has 1 saturated heterocycles. The summed E-state index contributed by atoms with van der Waals surface area (Å²) in [5.41, 5.74) is 1.93. The van der Waals surface area contributed by atoms with Gasteiger partial charge in [-0.2, -0.15) is 0 Å². The van der Waals surface area contributed by atoms with Crippen LogP contribution in [0.1, 0.15) is 60.9 Å². The van der Waals surface area contributed by atoms with Crippen molar-refractivity contribution in [2.75, 3.05) is 33.7 Å². The molecule has 0 bridgehead atoms. The van der Waals surface area contributed by atoms with Crippen LogP contribution in [0.25, 0.3) is 0 Å². The number of carbonyl (C=O) groups excluding carboxylic acids is 1. The van der Waals surface area contributed by atoms with Crippen molar-refractivity contribution in [3.63, 3.8) is 0 Å². The molecular weight excluding hydrogens is 475 g/mol. The minimum Gasteiger partial charge on any atom is -0.352 e. The van der Waals surface area contributed by atoms with E-state index in [0.29, 0.717) is 6.54 Å². The number of allylic oxidation sites excluding steroid dienone is 1. The Morgan fingerprint density at radius 2 is 1.86 bits per heavy atom. The number of piperidine rings is 1. The lowest BCUT2D eigenvalue weighted by Gasteiger charge is -2.26. The van der Waals surface area contributed by atoms with Crippen LogP contribution in [0.2, 0.25) is 0 Å². The molecule has 1 heterocycles. The second-order valence-corrected chi connectivity index (χ2v) is 7.51. The van der Waals surface area contributed by atoms with Crippen molar-refractivity contribution in [3.8, 4) is 0 Å². The van der Waals surface area contributed by atoms with Crippen molar-refractivity contribution in [1.29, 1.82) is 0 Å². The largest absolute Gasteiger partial charge is 0.352 e. The van der Waals surface area contributed by atoms with E-state index < -0.39 is 0 Å². The zero-order valence-electron chi connectivity index (χ0n) is 18.0. The third kappa shape index (κ3) is 8.76. The van der Waals surface area contributed by atoms with Crippen LogP contribution in [-0.2, 0) is 6.54 Å². The summed E-state index contributed by atoms with van der Waals surface area (Å²) in [5.74, 6) is 1.06. The highest BCUT2D eigenvalue weighted by molar-refractivity contribution is 14.0. The standard InChI is InChI=1S/C23H36N4O.HI/c1-4-5-6-7-9-16-26(3)23(24-2)25-19-20-12-14-21(15-13-20)22(28)27-17-10-8-11-18-27;/h4,12-15H,1,5-11,16-19H2,2-3H3,(H,24,25);1H. The molecule has 0 atom stereocenters. The third-order valence-corrected chi connectivity index (χ3v) is 5.27. The SMILES string of the molecule is C=CCCCCCN(C)C(=NC)NCc1ccc(C(=O)N2CCCCC2)cc1.I. The fourth-order valence-corrected chi connectivity index (χ4v) is 3.53. The van der Waals surface area contributed by atoms with Crippen molar-refractivity contribution in [2.24, 2.45) is 4.99 Å². The van der Waals surface area contributed by atoms with Crippen LogP contribution < -0.4 is 5.32 Å². The van der Waals surface area contributed by atoms with Crippen molar-refractivity contribution in [1.82, 2.24) is 15.1 Å². The molecule has 0 radical (unpaired) electrons. The first-order chi connectivity index (χ1) is 13.7. The molecule has 1 N–H and O–H groups in total. The fraction of sp³-hybridized carbons (Fsp3) is 0.565. The second-order valence-electron chi connectivity index (χ2n) is 7.51. The van der Waals surface area contributed by atoms with Gasteiger partial charge in [-0.05, 0) is 56.2 Å². The quantitative estimate of drug-likeness (QED) is 0.172. The molecule has 162 valence electrons. The Kier molecular flexibility index (Phi) is 12.7. The number of likely N-dealkylation sites (tertiary alicyclic amines) is 1. The molecule has 0 saturated carbocycles. The van der Waals surface area contributed by atoms with E-state index in [9.17, 15) is 4.79 Å². The fourth-order valence-electron chi connectivity index (χ4n) is 3.53. The van der Waals surface area contributed by atoms with Crippen molar-refractivity contribution in [3.05, 3.63) is 48.0 Å². The van der Waals surface area contributed by atoms with Gasteiger partial charge in [0, 0.05) is 45.8 Å². The molecule has 0 spiro atoms. The lowest BCUT2D eigenvalue weighted by atomic mass is 10.1. The maximum atomic E-state index is 12.6. The highest BCUT2D eigenvalue weighted by Gasteiger charge is 2.17. The van der Waals surface area contributed by atoms with Crippen LogP contribution in [0.4, 0.5) is 0 Å². The van der Waals surface area contributed by atoms with Gasteiger partial charge in [-0.25, -0.2) is 0 Å². The van der Waals surface area contributed by atoms with Gasteiger partial charge in [0.25, 0.3) is 5.91 Å². The van der Waals surface area contributed by atoms with Crippen molar-refractivity contribution < 1.29 is 4.79 Å². The first kappa shape index (κ1) is 25.5. The van der Waals surface area contributed by atoms with E-state index >= 15 is 0 Å². The third-order valence-electron chi connectivity index (χ3n) is 5.27. The van der Waals surface area contributed by atoms with Crippen molar-refractivity contribution >= 4 is 35.8 Å². The van der Waals surface area contributed by atoms with E-state index in [2.05, 4.69) is 28.8 Å². The summed E-state index contributed by atoms with van der Waals surface area (Å²) in [5, 5.41) is 3.41. The summed E-state index contributed by atoms with van der Waals surface area (Å²) < 4.78 is 0. The van der Waals surface area contributed by atoms with E-state index in [0.717, 1.165) is 62.4 Å². The molecule has 1 aliphatic heterocycles. The molecule has 1 fully saturated rings. The Morgan fingerprint density at radius 3 is 2.48 bits per heavy atom. The molecule has 29 heavy (non-hydrogen) atoms. The first-order valence-corrected chi connectivity index (χ1v) is 10.6. The number of hydrogen-bond acceptors (Lipinski definition) is 2. The summed E-state index contributed by atoms with van der Waals surface area (Å²) >= 11 is 0. The minimum absolute atomic E-state index is 0. The van der Waals surface area contributed by atoms with E-state index in [1.165, 1.54) is 19.3 Å². The number of benzene rings is 1. The van der Waals surface area contributed by atoms with Gasteiger partial charge in [-0.3, -0.25) is 9.79 Å². The monoisotopic (exact) mass is 512 g/mol. The summed E-state index contributed by atoms with van der Waals surface area (Å²) in [7, 11) is 3.89. The Bertz CT molecular complexity index is 639. The number of carbonyl (C=O) groups is 1. The van der Waals surface area contributed by atoms with E-state index in [1.807, 2.05) is 42.3 Å². The van der Waals surface area contributed by atoms with E-state index in [-0.39, 0.29) is 29.9 Å².